The van der Waals surface area contributed by atoms with Gasteiger partial charge in [0.05, 0.1) is 12.8 Å². The molecule has 3 aromatic rings. The number of carbonyl (C=O) groups is 1. The van der Waals surface area contributed by atoms with Crippen molar-refractivity contribution in [3.63, 3.8) is 0 Å². The highest BCUT2D eigenvalue weighted by Crippen LogP contribution is 2.22. The highest BCUT2D eigenvalue weighted by Gasteiger charge is 2.23. The standard InChI is InChI=1S/C20H23N3O2S/c24-20(21-10-19-4-2-7-25-19)9-17-12-22(11-16-5-8-26-15-16)14-18-3-1-6-23(18)13-17/h1-8,15,17H,9-14H2,(H,21,24)/t17-/m1/s1. The van der Waals surface area contributed by atoms with Gasteiger partial charge in [0.1, 0.15) is 5.76 Å². The van der Waals surface area contributed by atoms with Gasteiger partial charge in [-0.25, -0.2) is 0 Å². The molecule has 6 heteroatoms. The molecule has 1 N–H and O–H groups in total. The maximum Gasteiger partial charge on any atom is 0.220 e. The fourth-order valence-corrected chi connectivity index (χ4v) is 4.25. The molecule has 0 saturated heterocycles. The summed E-state index contributed by atoms with van der Waals surface area (Å²) in [5.74, 6) is 1.15. The van der Waals surface area contributed by atoms with E-state index in [0.29, 0.717) is 18.9 Å². The van der Waals surface area contributed by atoms with Crippen LogP contribution in [0.4, 0.5) is 0 Å². The molecule has 3 aromatic heterocycles. The number of hydrogen-bond donors (Lipinski definition) is 1. The van der Waals surface area contributed by atoms with Gasteiger partial charge < -0.3 is 14.3 Å². The monoisotopic (exact) mass is 369 g/mol. The summed E-state index contributed by atoms with van der Waals surface area (Å²) in [6.45, 7) is 4.11. The fraction of sp³-hybridized carbons (Fsp3) is 0.350. The Balaban J connectivity index is 1.40. The van der Waals surface area contributed by atoms with E-state index in [1.165, 1.54) is 11.3 Å². The Morgan fingerprint density at radius 2 is 2.23 bits per heavy atom. The number of thiophene rings is 1. The summed E-state index contributed by atoms with van der Waals surface area (Å²) < 4.78 is 7.57. The van der Waals surface area contributed by atoms with Crippen LogP contribution in [0.1, 0.15) is 23.4 Å². The molecule has 0 unspecified atom stereocenters. The van der Waals surface area contributed by atoms with Gasteiger partial charge in [0.25, 0.3) is 0 Å². The second kappa shape index (κ2) is 7.93. The van der Waals surface area contributed by atoms with Gasteiger partial charge in [-0.1, -0.05) is 0 Å². The van der Waals surface area contributed by atoms with Crippen LogP contribution in [0, 0.1) is 5.92 Å². The van der Waals surface area contributed by atoms with E-state index in [-0.39, 0.29) is 5.91 Å². The molecule has 0 aromatic carbocycles. The summed E-state index contributed by atoms with van der Waals surface area (Å²) in [4.78, 5) is 14.9. The zero-order chi connectivity index (χ0) is 17.8. The Labute approximate surface area is 157 Å². The second-order valence-corrected chi connectivity index (χ2v) is 7.66. The van der Waals surface area contributed by atoms with Crippen LogP contribution < -0.4 is 5.32 Å². The maximum atomic E-state index is 12.4. The molecular weight excluding hydrogens is 346 g/mol. The third-order valence-electron chi connectivity index (χ3n) is 4.78. The number of nitrogens with zero attached hydrogens (tertiary/aromatic N) is 2. The summed E-state index contributed by atoms with van der Waals surface area (Å²) in [5.41, 5.74) is 2.66. The van der Waals surface area contributed by atoms with Crippen LogP contribution in [0.15, 0.2) is 58.0 Å². The van der Waals surface area contributed by atoms with Crippen molar-refractivity contribution in [3.8, 4) is 0 Å². The molecule has 0 fully saturated rings. The fourth-order valence-electron chi connectivity index (χ4n) is 3.59. The van der Waals surface area contributed by atoms with Crippen LogP contribution in [0.3, 0.4) is 0 Å². The normalized spacial score (nSPS) is 17.6. The van der Waals surface area contributed by atoms with Crippen molar-refractivity contribution >= 4 is 17.2 Å². The number of furan rings is 1. The molecule has 1 aliphatic rings. The van der Waals surface area contributed by atoms with Crippen LogP contribution in [0.25, 0.3) is 0 Å². The second-order valence-electron chi connectivity index (χ2n) is 6.88. The van der Waals surface area contributed by atoms with E-state index in [9.17, 15) is 4.79 Å². The first-order valence-electron chi connectivity index (χ1n) is 8.93. The molecule has 4 rings (SSSR count). The summed E-state index contributed by atoms with van der Waals surface area (Å²) in [6.07, 6.45) is 4.28. The number of hydrogen-bond acceptors (Lipinski definition) is 4. The minimum absolute atomic E-state index is 0.0810. The third-order valence-corrected chi connectivity index (χ3v) is 5.51. The lowest BCUT2D eigenvalue weighted by molar-refractivity contribution is -0.122. The van der Waals surface area contributed by atoms with Gasteiger partial charge in [-0.15, -0.1) is 0 Å². The SMILES string of the molecule is O=C(C[C@@H]1CN(Cc2ccsc2)Cc2cccn2C1)NCc1ccco1. The lowest BCUT2D eigenvalue weighted by Crippen LogP contribution is -2.32. The van der Waals surface area contributed by atoms with Crippen LogP contribution in [-0.4, -0.2) is 21.9 Å². The summed E-state index contributed by atoms with van der Waals surface area (Å²) in [5, 5.41) is 7.30. The van der Waals surface area contributed by atoms with Gasteiger partial charge >= 0.3 is 0 Å². The quantitative estimate of drug-likeness (QED) is 0.724. The topological polar surface area (TPSA) is 50.4 Å². The number of aromatic nitrogens is 1. The molecule has 1 amide bonds. The molecule has 0 spiro atoms. The van der Waals surface area contributed by atoms with Crippen LogP contribution in [0.5, 0.6) is 0 Å². The van der Waals surface area contributed by atoms with E-state index >= 15 is 0 Å². The zero-order valence-corrected chi connectivity index (χ0v) is 15.5. The number of rotatable bonds is 6. The Kier molecular flexibility index (Phi) is 5.22. The van der Waals surface area contributed by atoms with Crippen molar-refractivity contribution in [2.45, 2.75) is 32.6 Å². The van der Waals surface area contributed by atoms with E-state index in [2.05, 4.69) is 49.9 Å². The molecular formula is C20H23N3O2S. The number of nitrogens with one attached hydrogen (secondary N) is 1. The van der Waals surface area contributed by atoms with Gasteiger partial charge in [0.2, 0.25) is 5.91 Å². The predicted octanol–water partition coefficient (Wildman–Crippen LogP) is 3.48. The Morgan fingerprint density at radius 1 is 1.27 bits per heavy atom. The smallest absolute Gasteiger partial charge is 0.220 e. The first-order valence-corrected chi connectivity index (χ1v) is 9.87. The van der Waals surface area contributed by atoms with Crippen molar-refractivity contribution in [1.29, 1.82) is 0 Å². The van der Waals surface area contributed by atoms with E-state index in [1.54, 1.807) is 17.6 Å². The average molecular weight is 369 g/mol. The minimum Gasteiger partial charge on any atom is -0.467 e. The molecule has 1 atom stereocenters. The van der Waals surface area contributed by atoms with Gasteiger partial charge in [-0.05, 0) is 52.6 Å². The molecule has 0 bridgehead atoms. The molecule has 0 aliphatic carbocycles. The summed E-state index contributed by atoms with van der Waals surface area (Å²) >= 11 is 1.73. The van der Waals surface area contributed by atoms with Crippen LogP contribution >= 0.6 is 11.3 Å². The van der Waals surface area contributed by atoms with Crippen molar-refractivity contribution in [2.24, 2.45) is 5.92 Å². The van der Waals surface area contributed by atoms with Crippen molar-refractivity contribution in [2.75, 3.05) is 6.54 Å². The Hall–Kier alpha value is -2.31. The minimum atomic E-state index is 0.0810. The molecule has 5 nitrogen and oxygen atoms in total. The maximum absolute atomic E-state index is 12.4. The van der Waals surface area contributed by atoms with Gasteiger partial charge in [-0.3, -0.25) is 9.69 Å². The zero-order valence-electron chi connectivity index (χ0n) is 14.6. The van der Waals surface area contributed by atoms with E-state index in [0.717, 1.165) is 31.9 Å². The van der Waals surface area contributed by atoms with Crippen molar-refractivity contribution in [3.05, 3.63) is 70.6 Å². The first kappa shape index (κ1) is 17.1. The molecule has 136 valence electrons. The Bertz CT molecular complexity index is 823. The van der Waals surface area contributed by atoms with Crippen LogP contribution in [-0.2, 0) is 31.0 Å². The lowest BCUT2D eigenvalue weighted by Gasteiger charge is -2.23. The molecule has 0 saturated carbocycles. The molecule has 0 radical (unpaired) electrons. The number of carbonyl (C=O) groups excluding carboxylic acids is 1. The Morgan fingerprint density at radius 3 is 3.04 bits per heavy atom. The predicted molar refractivity (Wildman–Crippen MR) is 102 cm³/mol. The van der Waals surface area contributed by atoms with Crippen molar-refractivity contribution < 1.29 is 9.21 Å². The number of fused-ring (bicyclic) bond motifs is 1. The highest BCUT2D eigenvalue weighted by molar-refractivity contribution is 7.07. The molecule has 1 aliphatic heterocycles. The average Bonchev–Trinajstić information content (AvgIpc) is 3.36. The van der Waals surface area contributed by atoms with Crippen LogP contribution in [0.2, 0.25) is 0 Å². The molecule has 26 heavy (non-hydrogen) atoms. The summed E-state index contributed by atoms with van der Waals surface area (Å²) in [6, 6.07) is 10.2. The summed E-state index contributed by atoms with van der Waals surface area (Å²) in [7, 11) is 0. The van der Waals surface area contributed by atoms with Crippen molar-refractivity contribution in [1.82, 2.24) is 14.8 Å². The van der Waals surface area contributed by atoms with Gasteiger partial charge in [0, 0.05) is 44.5 Å². The van der Waals surface area contributed by atoms with E-state index in [4.69, 9.17) is 4.42 Å². The first-order chi connectivity index (χ1) is 12.8. The highest BCUT2D eigenvalue weighted by atomic mass is 32.1. The number of amides is 1. The van der Waals surface area contributed by atoms with Gasteiger partial charge in [-0.2, -0.15) is 11.3 Å². The molecule has 4 heterocycles. The lowest BCUT2D eigenvalue weighted by atomic mass is 10.0. The largest absolute Gasteiger partial charge is 0.467 e. The van der Waals surface area contributed by atoms with E-state index in [1.807, 2.05) is 12.1 Å². The van der Waals surface area contributed by atoms with Gasteiger partial charge in [0.15, 0.2) is 0 Å². The van der Waals surface area contributed by atoms with E-state index < -0.39 is 0 Å². The third kappa shape index (κ3) is 4.26.